The van der Waals surface area contributed by atoms with E-state index in [9.17, 15) is 14.7 Å². The molecule has 120 valence electrons. The van der Waals surface area contributed by atoms with Crippen LogP contribution in [0.15, 0.2) is 12.2 Å². The smallest absolute Gasteiger partial charge is 0.309 e. The van der Waals surface area contributed by atoms with Crippen LogP contribution in [0.5, 0.6) is 0 Å². The SMILES string of the molecule is CC(C)(C)OC(=O)[C@@H]1C[C@H]1[C@@H](O)C/C=C\CCCC(=O)O. The lowest BCUT2D eigenvalue weighted by Gasteiger charge is -2.19. The number of rotatable bonds is 8. The van der Waals surface area contributed by atoms with Crippen LogP contribution in [-0.4, -0.2) is 33.9 Å². The molecular weight excluding hydrogens is 272 g/mol. The Kier molecular flexibility index (Phi) is 6.40. The number of unbranched alkanes of at least 4 members (excludes halogenated alkanes) is 1. The van der Waals surface area contributed by atoms with Crippen molar-refractivity contribution in [2.24, 2.45) is 11.8 Å². The molecule has 1 saturated carbocycles. The van der Waals surface area contributed by atoms with Gasteiger partial charge in [0.15, 0.2) is 0 Å². The second kappa shape index (κ2) is 7.59. The summed E-state index contributed by atoms with van der Waals surface area (Å²) in [7, 11) is 0. The standard InChI is InChI=1S/C16H26O5/c1-16(2,3)21-15(20)12-10-11(12)13(17)8-6-4-5-7-9-14(18)19/h4,6,11-13,17H,5,7-10H2,1-3H3,(H,18,19)/b6-4-/t11-,12-,13+/m1/s1. The maximum Gasteiger partial charge on any atom is 0.309 e. The lowest BCUT2D eigenvalue weighted by Crippen LogP contribution is -2.26. The summed E-state index contributed by atoms with van der Waals surface area (Å²) in [4.78, 5) is 22.1. The first kappa shape index (κ1) is 17.7. The molecule has 0 radical (unpaired) electrons. The maximum atomic E-state index is 11.8. The molecule has 0 aliphatic heterocycles. The van der Waals surface area contributed by atoms with Crippen LogP contribution < -0.4 is 0 Å². The minimum absolute atomic E-state index is 0.0106. The van der Waals surface area contributed by atoms with Gasteiger partial charge in [-0.15, -0.1) is 0 Å². The zero-order chi connectivity index (χ0) is 16.0. The lowest BCUT2D eigenvalue weighted by atomic mass is 10.1. The fourth-order valence-electron chi connectivity index (χ4n) is 2.19. The van der Waals surface area contributed by atoms with Gasteiger partial charge < -0.3 is 14.9 Å². The average molecular weight is 298 g/mol. The van der Waals surface area contributed by atoms with Gasteiger partial charge >= 0.3 is 11.9 Å². The molecule has 5 heteroatoms. The molecule has 1 aliphatic rings. The first-order valence-corrected chi connectivity index (χ1v) is 7.48. The molecule has 1 rings (SSSR count). The predicted octanol–water partition coefficient (Wildman–Crippen LogP) is 2.53. The van der Waals surface area contributed by atoms with Crippen LogP contribution in [0.4, 0.5) is 0 Å². The molecule has 0 aromatic rings. The normalized spacial score (nSPS) is 23.0. The third-order valence-electron chi connectivity index (χ3n) is 3.35. The maximum absolute atomic E-state index is 11.8. The number of aliphatic hydroxyl groups excluding tert-OH is 1. The van der Waals surface area contributed by atoms with E-state index in [0.29, 0.717) is 25.7 Å². The first-order valence-electron chi connectivity index (χ1n) is 7.48. The second-order valence-electron chi connectivity index (χ2n) is 6.60. The Balaban J connectivity index is 2.20. The number of carboxylic acids is 1. The molecular formula is C16H26O5. The molecule has 1 fully saturated rings. The van der Waals surface area contributed by atoms with Gasteiger partial charge in [-0.25, -0.2) is 0 Å². The summed E-state index contributed by atoms with van der Waals surface area (Å²) < 4.78 is 5.30. The minimum Gasteiger partial charge on any atom is -0.481 e. The molecule has 0 unspecified atom stereocenters. The largest absolute Gasteiger partial charge is 0.481 e. The highest BCUT2D eigenvalue weighted by molar-refractivity contribution is 5.76. The summed E-state index contributed by atoms with van der Waals surface area (Å²) in [6, 6.07) is 0. The molecule has 0 amide bonds. The number of hydrogen-bond acceptors (Lipinski definition) is 4. The van der Waals surface area contributed by atoms with Gasteiger partial charge in [0.1, 0.15) is 5.60 Å². The molecule has 0 aromatic heterocycles. The zero-order valence-corrected chi connectivity index (χ0v) is 13.0. The fourth-order valence-corrected chi connectivity index (χ4v) is 2.19. The Bertz CT molecular complexity index is 394. The highest BCUT2D eigenvalue weighted by Crippen LogP contribution is 2.43. The van der Waals surface area contributed by atoms with Crippen molar-refractivity contribution in [3.05, 3.63) is 12.2 Å². The van der Waals surface area contributed by atoms with Gasteiger partial charge in [0, 0.05) is 6.42 Å². The summed E-state index contributed by atoms with van der Waals surface area (Å²) in [6.45, 7) is 5.50. The monoisotopic (exact) mass is 298 g/mol. The first-order chi connectivity index (χ1) is 9.70. The highest BCUT2D eigenvalue weighted by atomic mass is 16.6. The average Bonchev–Trinajstić information content (AvgIpc) is 3.10. The summed E-state index contributed by atoms with van der Waals surface area (Å²) in [5.74, 6) is -1.21. The summed E-state index contributed by atoms with van der Waals surface area (Å²) >= 11 is 0. The van der Waals surface area contributed by atoms with Crippen molar-refractivity contribution in [1.82, 2.24) is 0 Å². The molecule has 2 N–H and O–H groups in total. The molecule has 0 aromatic carbocycles. The third kappa shape index (κ3) is 7.27. The third-order valence-corrected chi connectivity index (χ3v) is 3.35. The Morgan fingerprint density at radius 2 is 2.00 bits per heavy atom. The number of carbonyl (C=O) groups excluding carboxylic acids is 1. The van der Waals surface area contributed by atoms with Gasteiger partial charge in [-0.2, -0.15) is 0 Å². The van der Waals surface area contributed by atoms with Crippen LogP contribution in [0.1, 0.15) is 52.9 Å². The Morgan fingerprint density at radius 1 is 1.33 bits per heavy atom. The van der Waals surface area contributed by atoms with Crippen molar-refractivity contribution in [3.63, 3.8) is 0 Å². The van der Waals surface area contributed by atoms with Crippen LogP contribution in [0.2, 0.25) is 0 Å². The summed E-state index contributed by atoms with van der Waals surface area (Å²) in [5, 5.41) is 18.5. The lowest BCUT2D eigenvalue weighted by molar-refractivity contribution is -0.157. The van der Waals surface area contributed by atoms with E-state index in [-0.39, 0.29) is 24.2 Å². The number of aliphatic hydroxyl groups is 1. The van der Waals surface area contributed by atoms with E-state index < -0.39 is 17.7 Å². The molecule has 21 heavy (non-hydrogen) atoms. The van der Waals surface area contributed by atoms with E-state index in [1.165, 1.54) is 0 Å². The predicted molar refractivity (Wildman–Crippen MR) is 78.7 cm³/mol. The van der Waals surface area contributed by atoms with Crippen molar-refractivity contribution in [2.45, 2.75) is 64.6 Å². The van der Waals surface area contributed by atoms with Gasteiger partial charge in [0.05, 0.1) is 12.0 Å². The van der Waals surface area contributed by atoms with Crippen LogP contribution in [0.3, 0.4) is 0 Å². The van der Waals surface area contributed by atoms with Crippen molar-refractivity contribution >= 4 is 11.9 Å². The van der Waals surface area contributed by atoms with Gasteiger partial charge in [-0.3, -0.25) is 9.59 Å². The Morgan fingerprint density at radius 3 is 2.57 bits per heavy atom. The molecule has 0 spiro atoms. The van der Waals surface area contributed by atoms with Crippen molar-refractivity contribution in [2.75, 3.05) is 0 Å². The number of esters is 1. The number of aliphatic carboxylic acids is 1. The van der Waals surface area contributed by atoms with E-state index in [4.69, 9.17) is 9.84 Å². The van der Waals surface area contributed by atoms with Crippen molar-refractivity contribution < 1.29 is 24.5 Å². The van der Waals surface area contributed by atoms with Crippen LogP contribution in [-0.2, 0) is 14.3 Å². The zero-order valence-electron chi connectivity index (χ0n) is 13.0. The van der Waals surface area contributed by atoms with E-state index in [1.54, 1.807) is 0 Å². The summed E-state index contributed by atoms with van der Waals surface area (Å²) in [5.41, 5.74) is -0.487. The Hall–Kier alpha value is -1.36. The number of hydrogen-bond donors (Lipinski definition) is 2. The topological polar surface area (TPSA) is 83.8 Å². The van der Waals surface area contributed by atoms with E-state index in [2.05, 4.69) is 0 Å². The number of allylic oxidation sites excluding steroid dienone is 1. The quantitative estimate of drug-likeness (QED) is 0.409. The molecule has 0 heterocycles. The Labute approximate surface area is 126 Å². The number of carboxylic acid groups (broad SMARTS) is 1. The fraction of sp³-hybridized carbons (Fsp3) is 0.750. The minimum atomic E-state index is -0.790. The second-order valence-corrected chi connectivity index (χ2v) is 6.60. The van der Waals surface area contributed by atoms with Gasteiger partial charge in [-0.1, -0.05) is 12.2 Å². The highest BCUT2D eigenvalue weighted by Gasteiger charge is 2.48. The molecule has 0 bridgehead atoms. The van der Waals surface area contributed by atoms with E-state index in [1.807, 2.05) is 32.9 Å². The van der Waals surface area contributed by atoms with Gasteiger partial charge in [0.25, 0.3) is 0 Å². The van der Waals surface area contributed by atoms with Crippen molar-refractivity contribution in [3.8, 4) is 0 Å². The summed E-state index contributed by atoms with van der Waals surface area (Å²) in [6.07, 6.45) is 5.85. The number of carbonyl (C=O) groups is 2. The van der Waals surface area contributed by atoms with Crippen LogP contribution in [0.25, 0.3) is 0 Å². The van der Waals surface area contributed by atoms with Crippen LogP contribution >= 0.6 is 0 Å². The van der Waals surface area contributed by atoms with E-state index >= 15 is 0 Å². The van der Waals surface area contributed by atoms with E-state index in [0.717, 1.165) is 0 Å². The number of ether oxygens (including phenoxy) is 1. The van der Waals surface area contributed by atoms with Crippen LogP contribution in [0, 0.1) is 11.8 Å². The molecule has 3 atom stereocenters. The van der Waals surface area contributed by atoms with Crippen molar-refractivity contribution in [1.29, 1.82) is 0 Å². The molecule has 5 nitrogen and oxygen atoms in total. The van der Waals surface area contributed by atoms with Gasteiger partial charge in [0.2, 0.25) is 0 Å². The molecule has 0 saturated heterocycles. The molecule has 1 aliphatic carbocycles. The van der Waals surface area contributed by atoms with Gasteiger partial charge in [-0.05, 0) is 52.4 Å².